The maximum absolute atomic E-state index is 12.1. The standard InChI is InChI=1S/C18H15BrN2OS/c1-18(9-17(22)21(2)10-20-18)11-3-5-15-13(7-11)14-8-12(19)4-6-16(14)23-15/h3-8,10H,9H2,1-2H3. The highest BCUT2D eigenvalue weighted by atomic mass is 79.9. The van der Waals surface area contributed by atoms with Gasteiger partial charge in [0, 0.05) is 31.7 Å². The lowest BCUT2D eigenvalue weighted by atomic mass is 9.87. The number of benzene rings is 2. The van der Waals surface area contributed by atoms with Crippen LogP contribution >= 0.6 is 27.3 Å². The SMILES string of the molecule is CN1C=NC(C)(c2ccc3sc4ccc(Br)cc4c3c2)CC1=O. The Kier molecular flexibility index (Phi) is 3.32. The van der Waals surface area contributed by atoms with E-state index in [4.69, 9.17) is 0 Å². The molecule has 116 valence electrons. The normalized spacial score (nSPS) is 21.5. The second-order valence-corrected chi connectivity index (χ2v) is 8.15. The molecule has 1 aliphatic heterocycles. The molecule has 0 N–H and O–H groups in total. The minimum Gasteiger partial charge on any atom is -0.306 e. The molecule has 0 aliphatic carbocycles. The van der Waals surface area contributed by atoms with Crippen LogP contribution in [0, 0.1) is 0 Å². The molecule has 0 saturated carbocycles. The summed E-state index contributed by atoms with van der Waals surface area (Å²) in [6.07, 6.45) is 2.04. The first kappa shape index (κ1) is 14.8. The topological polar surface area (TPSA) is 32.7 Å². The molecule has 2 heterocycles. The van der Waals surface area contributed by atoms with E-state index < -0.39 is 5.54 Å². The minimum atomic E-state index is -0.488. The van der Waals surface area contributed by atoms with Crippen molar-refractivity contribution in [2.75, 3.05) is 7.05 Å². The number of thiophene rings is 1. The zero-order chi connectivity index (χ0) is 16.2. The number of hydrogen-bond donors (Lipinski definition) is 0. The number of carbonyl (C=O) groups excluding carboxylic acids is 1. The molecule has 1 amide bonds. The van der Waals surface area contributed by atoms with Crippen LogP contribution in [0.3, 0.4) is 0 Å². The van der Waals surface area contributed by atoms with E-state index in [1.165, 1.54) is 20.2 Å². The Labute approximate surface area is 146 Å². The van der Waals surface area contributed by atoms with Crippen molar-refractivity contribution >= 4 is 59.7 Å². The van der Waals surface area contributed by atoms with Crippen LogP contribution < -0.4 is 0 Å². The highest BCUT2D eigenvalue weighted by molar-refractivity contribution is 9.10. The first-order valence-electron chi connectivity index (χ1n) is 7.40. The molecule has 0 bridgehead atoms. The van der Waals surface area contributed by atoms with E-state index in [0.717, 1.165) is 10.0 Å². The molecule has 1 aromatic heterocycles. The van der Waals surface area contributed by atoms with Crippen molar-refractivity contribution in [2.24, 2.45) is 4.99 Å². The lowest BCUT2D eigenvalue weighted by Gasteiger charge is -2.31. The minimum absolute atomic E-state index is 0.0977. The Balaban J connectivity index is 1.91. The Morgan fingerprint density at radius 1 is 1.17 bits per heavy atom. The molecule has 23 heavy (non-hydrogen) atoms. The fourth-order valence-corrected chi connectivity index (χ4v) is 4.43. The van der Waals surface area contributed by atoms with E-state index >= 15 is 0 Å². The van der Waals surface area contributed by atoms with Gasteiger partial charge in [-0.15, -0.1) is 11.3 Å². The summed E-state index contributed by atoms with van der Waals surface area (Å²) in [6, 6.07) is 12.8. The fraction of sp³-hybridized carbons (Fsp3) is 0.222. The molecular formula is C18H15BrN2OS. The predicted molar refractivity (Wildman–Crippen MR) is 100 cm³/mol. The van der Waals surface area contributed by atoms with Crippen LogP contribution in [0.5, 0.6) is 0 Å². The molecule has 0 saturated heterocycles. The number of amides is 1. The van der Waals surface area contributed by atoms with E-state index in [9.17, 15) is 4.79 Å². The average molecular weight is 387 g/mol. The molecule has 1 aliphatic rings. The van der Waals surface area contributed by atoms with Crippen LogP contribution in [0.25, 0.3) is 20.2 Å². The third-order valence-electron chi connectivity index (χ3n) is 4.46. The van der Waals surface area contributed by atoms with Crippen molar-refractivity contribution in [3.63, 3.8) is 0 Å². The Hall–Kier alpha value is -1.72. The molecule has 1 atom stereocenters. The second kappa shape index (κ2) is 5.14. The van der Waals surface area contributed by atoms with Gasteiger partial charge in [-0.1, -0.05) is 22.0 Å². The number of hydrogen-bond acceptors (Lipinski definition) is 3. The van der Waals surface area contributed by atoms with Crippen molar-refractivity contribution in [3.05, 3.63) is 46.4 Å². The summed E-state index contributed by atoms with van der Waals surface area (Å²) < 4.78 is 3.61. The van der Waals surface area contributed by atoms with Gasteiger partial charge in [0.15, 0.2) is 0 Å². The fourth-order valence-electron chi connectivity index (χ4n) is 3.00. The third-order valence-corrected chi connectivity index (χ3v) is 6.10. The lowest BCUT2D eigenvalue weighted by molar-refractivity contribution is -0.128. The van der Waals surface area contributed by atoms with Gasteiger partial charge in [0.1, 0.15) is 0 Å². The molecule has 3 nitrogen and oxygen atoms in total. The largest absolute Gasteiger partial charge is 0.306 e. The molecule has 1 unspecified atom stereocenters. The summed E-state index contributed by atoms with van der Waals surface area (Å²) in [6.45, 7) is 2.03. The van der Waals surface area contributed by atoms with Crippen molar-refractivity contribution in [3.8, 4) is 0 Å². The quantitative estimate of drug-likeness (QED) is 0.583. The van der Waals surface area contributed by atoms with Gasteiger partial charge in [-0.05, 0) is 42.8 Å². The third kappa shape index (κ3) is 2.39. The van der Waals surface area contributed by atoms with Crippen LogP contribution in [-0.2, 0) is 10.3 Å². The van der Waals surface area contributed by atoms with Gasteiger partial charge < -0.3 is 4.90 Å². The van der Waals surface area contributed by atoms with Gasteiger partial charge in [0.2, 0.25) is 5.91 Å². The first-order chi connectivity index (χ1) is 11.0. The molecule has 4 rings (SSSR count). The van der Waals surface area contributed by atoms with Crippen LogP contribution in [-0.4, -0.2) is 24.2 Å². The van der Waals surface area contributed by atoms with Gasteiger partial charge in [-0.25, -0.2) is 0 Å². The number of nitrogens with zero attached hydrogens (tertiary/aromatic N) is 2. The zero-order valence-electron chi connectivity index (χ0n) is 12.8. The molecular weight excluding hydrogens is 372 g/mol. The highest BCUT2D eigenvalue weighted by Crippen LogP contribution is 2.39. The number of aliphatic imine (C=N–C) groups is 1. The second-order valence-electron chi connectivity index (χ2n) is 6.15. The van der Waals surface area contributed by atoms with Gasteiger partial charge >= 0.3 is 0 Å². The molecule has 0 fully saturated rings. The summed E-state index contributed by atoms with van der Waals surface area (Å²) >= 11 is 5.35. The molecule has 0 radical (unpaired) electrons. The van der Waals surface area contributed by atoms with E-state index in [1.54, 1.807) is 29.6 Å². The summed E-state index contributed by atoms with van der Waals surface area (Å²) in [7, 11) is 1.75. The van der Waals surface area contributed by atoms with E-state index in [2.05, 4.69) is 57.3 Å². The Bertz CT molecular complexity index is 978. The van der Waals surface area contributed by atoms with Crippen molar-refractivity contribution in [1.82, 2.24) is 4.90 Å². The lowest BCUT2D eigenvalue weighted by Crippen LogP contribution is -2.38. The van der Waals surface area contributed by atoms with Crippen LogP contribution in [0.15, 0.2) is 45.9 Å². The number of rotatable bonds is 1. The maximum atomic E-state index is 12.1. The van der Waals surface area contributed by atoms with Crippen LogP contribution in [0.2, 0.25) is 0 Å². The maximum Gasteiger partial charge on any atom is 0.230 e. The summed E-state index contributed by atoms with van der Waals surface area (Å²) in [5, 5.41) is 2.47. The van der Waals surface area contributed by atoms with Gasteiger partial charge in [0.05, 0.1) is 18.3 Å². The van der Waals surface area contributed by atoms with Crippen molar-refractivity contribution in [2.45, 2.75) is 18.9 Å². The van der Waals surface area contributed by atoms with Crippen LogP contribution in [0.1, 0.15) is 18.9 Å². The van der Waals surface area contributed by atoms with E-state index in [0.29, 0.717) is 6.42 Å². The number of carbonyl (C=O) groups is 1. The average Bonchev–Trinajstić information content (AvgIpc) is 2.88. The highest BCUT2D eigenvalue weighted by Gasteiger charge is 2.33. The van der Waals surface area contributed by atoms with Crippen LogP contribution in [0.4, 0.5) is 0 Å². The molecule has 3 aromatic rings. The van der Waals surface area contributed by atoms with E-state index in [-0.39, 0.29) is 5.91 Å². The smallest absolute Gasteiger partial charge is 0.230 e. The monoisotopic (exact) mass is 386 g/mol. The summed E-state index contributed by atoms with van der Waals surface area (Å²) in [5.41, 5.74) is 0.597. The van der Waals surface area contributed by atoms with Gasteiger partial charge in [-0.3, -0.25) is 9.79 Å². The molecule has 2 aromatic carbocycles. The van der Waals surface area contributed by atoms with Crippen molar-refractivity contribution in [1.29, 1.82) is 0 Å². The van der Waals surface area contributed by atoms with Gasteiger partial charge in [0.25, 0.3) is 0 Å². The van der Waals surface area contributed by atoms with E-state index in [1.807, 2.05) is 6.92 Å². The van der Waals surface area contributed by atoms with Crippen molar-refractivity contribution < 1.29 is 4.79 Å². The van der Waals surface area contributed by atoms with Gasteiger partial charge in [-0.2, -0.15) is 0 Å². The molecule has 5 heteroatoms. The summed E-state index contributed by atoms with van der Waals surface area (Å²) in [4.78, 5) is 18.3. The number of halogens is 1. The first-order valence-corrected chi connectivity index (χ1v) is 9.00. The Morgan fingerprint density at radius 2 is 1.87 bits per heavy atom. The number of fused-ring (bicyclic) bond motifs is 3. The summed E-state index contributed by atoms with van der Waals surface area (Å²) in [5.74, 6) is 0.0977. The molecule has 0 spiro atoms. The Morgan fingerprint density at radius 3 is 2.61 bits per heavy atom. The predicted octanol–water partition coefficient (Wildman–Crippen LogP) is 4.92. The zero-order valence-corrected chi connectivity index (χ0v) is 15.2.